The summed E-state index contributed by atoms with van der Waals surface area (Å²) in [5, 5.41) is 7.39. The summed E-state index contributed by atoms with van der Waals surface area (Å²) in [6, 6.07) is 108. The Morgan fingerprint density at radius 1 is 0.278 bits per heavy atom. The van der Waals surface area contributed by atoms with Gasteiger partial charge in [-0.05, 0) is 131 Å². The van der Waals surface area contributed by atoms with Gasteiger partial charge in [0.2, 0.25) is 0 Å². The van der Waals surface area contributed by atoms with Crippen molar-refractivity contribution in [2.75, 3.05) is 4.90 Å². The fourth-order valence-electron chi connectivity index (χ4n) is 13.1. The zero-order valence-electron chi connectivity index (χ0n) is 44.1. The van der Waals surface area contributed by atoms with Crippen LogP contribution in [0.15, 0.2) is 291 Å². The first-order valence-electron chi connectivity index (χ1n) is 27.5. The smallest absolute Gasteiger partial charge is 0.0619 e. The number of anilines is 3. The third kappa shape index (κ3) is 7.55. The van der Waals surface area contributed by atoms with Crippen molar-refractivity contribution in [1.82, 2.24) is 4.57 Å². The van der Waals surface area contributed by atoms with Crippen LogP contribution < -0.4 is 4.90 Å². The average Bonchev–Trinajstić information content (AvgIpc) is 4.08. The van der Waals surface area contributed by atoms with Crippen LogP contribution >= 0.6 is 0 Å². The quantitative estimate of drug-likeness (QED) is 0.140. The van der Waals surface area contributed by atoms with Gasteiger partial charge in [0, 0.05) is 44.3 Å². The molecule has 0 radical (unpaired) electrons. The second-order valence-electron chi connectivity index (χ2n) is 21.6. The van der Waals surface area contributed by atoms with E-state index in [0.29, 0.717) is 0 Å². The highest BCUT2D eigenvalue weighted by Crippen LogP contribution is 2.51. The van der Waals surface area contributed by atoms with Gasteiger partial charge in [-0.2, -0.15) is 0 Å². The Morgan fingerprint density at radius 2 is 0.747 bits per heavy atom. The average molecular weight is 1010 g/mol. The van der Waals surface area contributed by atoms with Crippen molar-refractivity contribution in [3.05, 3.63) is 302 Å². The van der Waals surface area contributed by atoms with Crippen LogP contribution in [0.3, 0.4) is 0 Å². The standard InChI is InChI=1S/C77H54N2/c1-77(2)71-39-12-8-28-65(71)66-48-45-55(50-72(66)77)61-34-19-36-63-60(33-18-37-64(61)63)54-25-16-26-57(49-54)78(56-46-43-53(44-47-56)59-32-17-24-51-23-6-7-27-58(51)59)73-40-13-11-31-69(73)70-38-20-35-62(52-21-4-3-5-22-52)76(70)79-74-41-14-9-29-67(74)68-30-10-15-42-75(68)79/h3-50H,1-2H3. The summed E-state index contributed by atoms with van der Waals surface area (Å²) in [6.45, 7) is 4.73. The predicted octanol–water partition coefficient (Wildman–Crippen LogP) is 21.2. The summed E-state index contributed by atoms with van der Waals surface area (Å²) in [7, 11) is 0. The van der Waals surface area contributed by atoms with Crippen LogP contribution in [-0.4, -0.2) is 4.57 Å². The van der Waals surface area contributed by atoms with Gasteiger partial charge in [-0.1, -0.05) is 257 Å². The highest BCUT2D eigenvalue weighted by atomic mass is 15.1. The van der Waals surface area contributed by atoms with E-state index in [2.05, 4.69) is 315 Å². The van der Waals surface area contributed by atoms with Crippen molar-refractivity contribution in [3.63, 3.8) is 0 Å². The Kier molecular flexibility index (Phi) is 10.9. The molecule has 79 heavy (non-hydrogen) atoms. The van der Waals surface area contributed by atoms with Crippen molar-refractivity contribution < 1.29 is 0 Å². The minimum atomic E-state index is -0.0871. The van der Waals surface area contributed by atoms with Crippen molar-refractivity contribution in [2.45, 2.75) is 19.3 Å². The third-order valence-electron chi connectivity index (χ3n) is 16.8. The van der Waals surface area contributed by atoms with Gasteiger partial charge in [0.15, 0.2) is 0 Å². The zero-order valence-corrected chi connectivity index (χ0v) is 44.1. The van der Waals surface area contributed by atoms with Crippen LogP contribution in [0.2, 0.25) is 0 Å². The van der Waals surface area contributed by atoms with Gasteiger partial charge in [-0.3, -0.25) is 0 Å². The first-order valence-corrected chi connectivity index (χ1v) is 27.5. The number of aromatic nitrogens is 1. The molecule has 2 heteroatoms. The molecule has 15 rings (SSSR count). The summed E-state index contributed by atoms with van der Waals surface area (Å²) in [5.41, 5.74) is 23.8. The molecule has 0 spiro atoms. The normalized spacial score (nSPS) is 12.5. The molecule has 0 amide bonds. The van der Waals surface area contributed by atoms with Gasteiger partial charge < -0.3 is 9.47 Å². The minimum absolute atomic E-state index is 0.0871. The molecule has 1 heterocycles. The summed E-state index contributed by atoms with van der Waals surface area (Å²) >= 11 is 0. The number of hydrogen-bond acceptors (Lipinski definition) is 1. The lowest BCUT2D eigenvalue weighted by Crippen LogP contribution is -2.14. The van der Waals surface area contributed by atoms with E-state index in [1.807, 2.05) is 0 Å². The maximum absolute atomic E-state index is 2.50. The highest BCUT2D eigenvalue weighted by Gasteiger charge is 2.35. The molecule has 14 aromatic rings. The molecule has 0 saturated carbocycles. The highest BCUT2D eigenvalue weighted by molar-refractivity contribution is 6.11. The molecule has 0 aliphatic heterocycles. The van der Waals surface area contributed by atoms with Crippen molar-refractivity contribution in [1.29, 1.82) is 0 Å². The molecule has 0 atom stereocenters. The van der Waals surface area contributed by atoms with E-state index in [1.54, 1.807) is 0 Å². The Hall–Kier alpha value is -10.0. The van der Waals surface area contributed by atoms with E-state index in [1.165, 1.54) is 93.4 Å². The van der Waals surface area contributed by atoms with Gasteiger partial charge in [0.1, 0.15) is 0 Å². The van der Waals surface area contributed by atoms with Crippen LogP contribution in [0, 0.1) is 0 Å². The summed E-state index contributed by atoms with van der Waals surface area (Å²) in [6.07, 6.45) is 0. The van der Waals surface area contributed by atoms with E-state index in [0.717, 1.165) is 50.6 Å². The molecule has 0 unspecified atom stereocenters. The molecule has 1 aliphatic carbocycles. The largest absolute Gasteiger partial charge is 0.310 e. The van der Waals surface area contributed by atoms with Crippen molar-refractivity contribution in [2.24, 2.45) is 0 Å². The van der Waals surface area contributed by atoms with Crippen molar-refractivity contribution >= 4 is 60.4 Å². The Balaban J connectivity index is 0.923. The zero-order chi connectivity index (χ0) is 52.6. The summed E-state index contributed by atoms with van der Waals surface area (Å²) in [4.78, 5) is 2.47. The minimum Gasteiger partial charge on any atom is -0.310 e. The van der Waals surface area contributed by atoms with E-state index < -0.39 is 0 Å². The molecule has 0 bridgehead atoms. The van der Waals surface area contributed by atoms with Gasteiger partial charge in [0.25, 0.3) is 0 Å². The second kappa shape index (κ2) is 18.6. The lowest BCUT2D eigenvalue weighted by molar-refractivity contribution is 0.660. The Labute approximate surface area is 461 Å². The summed E-state index contributed by atoms with van der Waals surface area (Å²) < 4.78 is 2.50. The van der Waals surface area contributed by atoms with Crippen LogP contribution in [0.5, 0.6) is 0 Å². The molecule has 1 aromatic heterocycles. The SMILES string of the molecule is CC1(C)c2ccccc2-c2ccc(-c3cccc4c(-c5cccc(N(c6ccc(-c7cccc8ccccc78)cc6)c6ccccc6-c6cccc(-c7ccccc7)c6-n6c7ccccc7c7ccccc76)c5)cccc34)cc21. The van der Waals surface area contributed by atoms with E-state index >= 15 is 0 Å². The predicted molar refractivity (Wildman–Crippen MR) is 335 cm³/mol. The number of nitrogens with zero attached hydrogens (tertiary/aromatic N) is 2. The molecule has 0 saturated heterocycles. The van der Waals surface area contributed by atoms with Crippen molar-refractivity contribution in [3.8, 4) is 72.4 Å². The topological polar surface area (TPSA) is 8.17 Å². The molecule has 372 valence electrons. The fourth-order valence-corrected chi connectivity index (χ4v) is 13.1. The van der Waals surface area contributed by atoms with Gasteiger partial charge in [-0.15, -0.1) is 0 Å². The maximum Gasteiger partial charge on any atom is 0.0619 e. The Bertz CT molecular complexity index is 4630. The molecule has 0 N–H and O–H groups in total. The number of rotatable bonds is 9. The van der Waals surface area contributed by atoms with Crippen LogP contribution in [0.25, 0.3) is 116 Å². The van der Waals surface area contributed by atoms with E-state index in [4.69, 9.17) is 0 Å². The first-order chi connectivity index (χ1) is 39.0. The molecule has 2 nitrogen and oxygen atoms in total. The molecular weight excluding hydrogens is 953 g/mol. The lowest BCUT2D eigenvalue weighted by atomic mass is 9.81. The number of hydrogen-bond donors (Lipinski definition) is 0. The van der Waals surface area contributed by atoms with Crippen LogP contribution in [0.1, 0.15) is 25.0 Å². The second-order valence-corrected chi connectivity index (χ2v) is 21.6. The monoisotopic (exact) mass is 1010 g/mol. The number of fused-ring (bicyclic) bond motifs is 8. The van der Waals surface area contributed by atoms with E-state index in [-0.39, 0.29) is 5.41 Å². The summed E-state index contributed by atoms with van der Waals surface area (Å²) in [5.74, 6) is 0. The van der Waals surface area contributed by atoms with Gasteiger partial charge in [0.05, 0.1) is 22.4 Å². The molecular formula is C77H54N2. The van der Waals surface area contributed by atoms with Crippen LogP contribution in [-0.2, 0) is 5.41 Å². The number of benzene rings is 13. The van der Waals surface area contributed by atoms with E-state index in [9.17, 15) is 0 Å². The lowest BCUT2D eigenvalue weighted by Gasteiger charge is -2.29. The molecule has 13 aromatic carbocycles. The van der Waals surface area contributed by atoms with Gasteiger partial charge in [-0.25, -0.2) is 0 Å². The molecule has 1 aliphatic rings. The first kappa shape index (κ1) is 46.3. The third-order valence-corrected chi connectivity index (χ3v) is 16.8. The maximum atomic E-state index is 2.50. The van der Waals surface area contributed by atoms with Crippen LogP contribution in [0.4, 0.5) is 17.1 Å². The number of para-hydroxylation sites is 4. The van der Waals surface area contributed by atoms with Gasteiger partial charge >= 0.3 is 0 Å². The molecule has 0 fully saturated rings. The fraction of sp³-hybridized carbons (Fsp3) is 0.0390. The Morgan fingerprint density at radius 3 is 1.49 bits per heavy atom.